The number of carbonyl (C=O) groups is 2. The molecule has 1 heterocycles. The Hall–Kier alpha value is -4.08. The molecule has 2 aromatic carbocycles. The number of nitrogens with zero attached hydrogens (tertiary/aromatic N) is 4. The van der Waals surface area contributed by atoms with E-state index in [2.05, 4.69) is 20.9 Å². The van der Waals surface area contributed by atoms with Crippen LogP contribution in [0.1, 0.15) is 35.6 Å². The lowest BCUT2D eigenvalue weighted by atomic mass is 10.1. The van der Waals surface area contributed by atoms with Crippen LogP contribution in [0.3, 0.4) is 0 Å². The monoisotopic (exact) mass is 422 g/mol. The van der Waals surface area contributed by atoms with Crippen LogP contribution in [0.2, 0.25) is 0 Å². The maximum atomic E-state index is 12.6. The van der Waals surface area contributed by atoms with E-state index in [0.717, 1.165) is 5.56 Å². The highest BCUT2D eigenvalue weighted by atomic mass is 16.6. The van der Waals surface area contributed by atoms with Crippen molar-refractivity contribution in [3.05, 3.63) is 75.6 Å². The van der Waals surface area contributed by atoms with E-state index < -0.39 is 10.8 Å². The van der Waals surface area contributed by atoms with E-state index in [1.165, 1.54) is 16.8 Å². The maximum Gasteiger partial charge on any atom is 0.274 e. The Balaban J connectivity index is 1.66. The smallest absolute Gasteiger partial charge is 0.274 e. The minimum Gasteiger partial charge on any atom is -0.347 e. The molecule has 0 aliphatic rings. The predicted octanol–water partition coefficient (Wildman–Crippen LogP) is 3.01. The minimum atomic E-state index is -0.497. The van der Waals surface area contributed by atoms with Crippen LogP contribution in [0.5, 0.6) is 0 Å². The Labute approximate surface area is 178 Å². The van der Waals surface area contributed by atoms with E-state index in [0.29, 0.717) is 17.1 Å². The van der Waals surface area contributed by atoms with Crippen LogP contribution < -0.4 is 10.6 Å². The fourth-order valence-electron chi connectivity index (χ4n) is 2.78. The molecule has 10 heteroatoms. The SMILES string of the molecule is Cc1c(C(=O)NCc2ccc(NC(=O)C(C)C)cc2)nnn1-c1cccc([N+](=O)[O-])c1. The molecule has 0 spiro atoms. The molecule has 2 N–H and O–H groups in total. The topological polar surface area (TPSA) is 132 Å². The summed E-state index contributed by atoms with van der Waals surface area (Å²) >= 11 is 0. The summed E-state index contributed by atoms with van der Waals surface area (Å²) in [5.74, 6) is -0.590. The summed E-state index contributed by atoms with van der Waals surface area (Å²) in [5.41, 5.74) is 2.49. The van der Waals surface area contributed by atoms with Gasteiger partial charge in [0.15, 0.2) is 5.69 Å². The lowest BCUT2D eigenvalue weighted by molar-refractivity contribution is -0.384. The van der Waals surface area contributed by atoms with Gasteiger partial charge in [-0.25, -0.2) is 4.68 Å². The zero-order chi connectivity index (χ0) is 22.5. The van der Waals surface area contributed by atoms with Crippen LogP contribution in [0.25, 0.3) is 5.69 Å². The van der Waals surface area contributed by atoms with Gasteiger partial charge in [0, 0.05) is 30.3 Å². The second-order valence-corrected chi connectivity index (χ2v) is 7.24. The number of nitro benzene ring substituents is 1. The van der Waals surface area contributed by atoms with Gasteiger partial charge in [0.2, 0.25) is 5.91 Å². The molecule has 1 aromatic heterocycles. The number of carbonyl (C=O) groups excluding carboxylic acids is 2. The second kappa shape index (κ2) is 9.16. The second-order valence-electron chi connectivity index (χ2n) is 7.24. The van der Waals surface area contributed by atoms with Gasteiger partial charge in [-0.05, 0) is 30.7 Å². The average molecular weight is 422 g/mol. The molecule has 10 nitrogen and oxygen atoms in total. The van der Waals surface area contributed by atoms with E-state index in [1.54, 1.807) is 31.2 Å². The highest BCUT2D eigenvalue weighted by Crippen LogP contribution is 2.18. The van der Waals surface area contributed by atoms with Gasteiger partial charge >= 0.3 is 0 Å². The number of aromatic nitrogens is 3. The molecule has 0 fully saturated rings. The van der Waals surface area contributed by atoms with E-state index in [4.69, 9.17) is 0 Å². The first kappa shape index (κ1) is 21.6. The van der Waals surface area contributed by atoms with Gasteiger partial charge in [0.1, 0.15) is 0 Å². The van der Waals surface area contributed by atoms with Gasteiger partial charge in [0.05, 0.1) is 16.3 Å². The standard InChI is InChI=1S/C21H22N6O4/c1-13(2)20(28)23-16-9-7-15(8-10-16)12-22-21(29)19-14(3)26(25-24-19)17-5-4-6-18(11-17)27(30)31/h4-11,13H,12H2,1-3H3,(H,22,29)(H,23,28). The Morgan fingerprint density at radius 2 is 1.87 bits per heavy atom. The van der Waals surface area contributed by atoms with Crippen molar-refractivity contribution in [3.63, 3.8) is 0 Å². The zero-order valence-corrected chi connectivity index (χ0v) is 17.3. The largest absolute Gasteiger partial charge is 0.347 e. The molecular formula is C21H22N6O4. The van der Waals surface area contributed by atoms with Crippen LogP contribution in [0, 0.1) is 23.0 Å². The molecule has 0 bridgehead atoms. The molecule has 3 rings (SSSR count). The number of anilines is 1. The molecule has 0 aliphatic carbocycles. The summed E-state index contributed by atoms with van der Waals surface area (Å²) < 4.78 is 1.38. The molecule has 160 valence electrons. The van der Waals surface area contributed by atoms with Crippen molar-refractivity contribution in [1.82, 2.24) is 20.3 Å². The average Bonchev–Trinajstić information content (AvgIpc) is 3.14. The third-order valence-corrected chi connectivity index (χ3v) is 4.59. The van der Waals surface area contributed by atoms with Crippen LogP contribution in [0.4, 0.5) is 11.4 Å². The molecule has 31 heavy (non-hydrogen) atoms. The summed E-state index contributed by atoms with van der Waals surface area (Å²) in [6.07, 6.45) is 0. The third-order valence-electron chi connectivity index (χ3n) is 4.59. The maximum absolute atomic E-state index is 12.6. The summed E-state index contributed by atoms with van der Waals surface area (Å²) in [5, 5.41) is 24.5. The Morgan fingerprint density at radius 3 is 2.52 bits per heavy atom. The first-order valence-corrected chi connectivity index (χ1v) is 9.61. The van der Waals surface area contributed by atoms with Crippen molar-refractivity contribution in [2.75, 3.05) is 5.32 Å². The normalized spacial score (nSPS) is 10.7. The number of hydrogen-bond donors (Lipinski definition) is 2. The minimum absolute atomic E-state index is 0.0663. The molecule has 2 amide bonds. The van der Waals surface area contributed by atoms with Crippen LogP contribution in [0.15, 0.2) is 48.5 Å². The first-order chi connectivity index (χ1) is 14.8. The van der Waals surface area contributed by atoms with Gasteiger partial charge in [0.25, 0.3) is 11.6 Å². The number of nitrogens with one attached hydrogen (secondary N) is 2. The summed E-state index contributed by atoms with van der Waals surface area (Å²) in [7, 11) is 0. The van der Waals surface area contributed by atoms with Crippen molar-refractivity contribution < 1.29 is 14.5 Å². The number of benzene rings is 2. The Morgan fingerprint density at radius 1 is 1.16 bits per heavy atom. The molecule has 0 saturated carbocycles. The van der Waals surface area contributed by atoms with Gasteiger partial charge in [-0.1, -0.05) is 37.3 Å². The quantitative estimate of drug-likeness (QED) is 0.444. The molecule has 0 radical (unpaired) electrons. The Kier molecular flexibility index (Phi) is 6.39. The van der Waals surface area contributed by atoms with Crippen molar-refractivity contribution in [1.29, 1.82) is 0 Å². The van der Waals surface area contributed by atoms with Crippen LogP contribution in [-0.4, -0.2) is 31.7 Å². The molecule has 0 saturated heterocycles. The molecule has 3 aromatic rings. The van der Waals surface area contributed by atoms with Crippen LogP contribution >= 0.6 is 0 Å². The summed E-state index contributed by atoms with van der Waals surface area (Å²) in [4.78, 5) is 34.8. The lowest BCUT2D eigenvalue weighted by Gasteiger charge is -2.09. The number of amides is 2. The van der Waals surface area contributed by atoms with Gasteiger partial charge in [-0.2, -0.15) is 0 Å². The molecule has 0 atom stereocenters. The van der Waals surface area contributed by atoms with Crippen molar-refractivity contribution in [2.24, 2.45) is 5.92 Å². The number of nitro groups is 1. The van der Waals surface area contributed by atoms with Gasteiger partial charge in [-0.15, -0.1) is 5.10 Å². The number of non-ortho nitro benzene ring substituents is 1. The fraction of sp³-hybridized carbons (Fsp3) is 0.238. The predicted molar refractivity (Wildman–Crippen MR) is 114 cm³/mol. The Bertz CT molecular complexity index is 1120. The van der Waals surface area contributed by atoms with Gasteiger partial charge in [-0.3, -0.25) is 19.7 Å². The zero-order valence-electron chi connectivity index (χ0n) is 17.3. The van der Waals surface area contributed by atoms with E-state index >= 15 is 0 Å². The third kappa shape index (κ3) is 5.10. The molecule has 0 aliphatic heterocycles. The van der Waals surface area contributed by atoms with Crippen molar-refractivity contribution >= 4 is 23.2 Å². The first-order valence-electron chi connectivity index (χ1n) is 9.61. The lowest BCUT2D eigenvalue weighted by Crippen LogP contribution is -2.24. The van der Waals surface area contributed by atoms with Gasteiger partial charge < -0.3 is 10.6 Å². The number of rotatable bonds is 7. The van der Waals surface area contributed by atoms with E-state index in [9.17, 15) is 19.7 Å². The fourth-order valence-corrected chi connectivity index (χ4v) is 2.78. The van der Waals surface area contributed by atoms with Crippen molar-refractivity contribution in [2.45, 2.75) is 27.3 Å². The highest BCUT2D eigenvalue weighted by Gasteiger charge is 2.18. The number of hydrogen-bond acceptors (Lipinski definition) is 6. The van der Waals surface area contributed by atoms with Crippen LogP contribution in [-0.2, 0) is 11.3 Å². The highest BCUT2D eigenvalue weighted by molar-refractivity contribution is 5.93. The van der Waals surface area contributed by atoms with E-state index in [-0.39, 0.29) is 29.8 Å². The summed E-state index contributed by atoms with van der Waals surface area (Å²) in [6.45, 7) is 5.56. The van der Waals surface area contributed by atoms with Crippen molar-refractivity contribution in [3.8, 4) is 5.69 Å². The summed E-state index contributed by atoms with van der Waals surface area (Å²) in [6, 6.07) is 13.1. The molecular weight excluding hydrogens is 400 g/mol. The van der Waals surface area contributed by atoms with E-state index in [1.807, 2.05) is 26.0 Å². The molecule has 0 unspecified atom stereocenters.